The topological polar surface area (TPSA) is 61.3 Å². The number of rotatable bonds is 8. The predicted octanol–water partition coefficient (Wildman–Crippen LogP) is 1.33. The van der Waals surface area contributed by atoms with Crippen LogP contribution in [0.5, 0.6) is 0 Å². The first-order valence-corrected chi connectivity index (χ1v) is 7.24. The van der Waals surface area contributed by atoms with Gasteiger partial charge in [0.1, 0.15) is 0 Å². The van der Waals surface area contributed by atoms with Gasteiger partial charge in [-0.15, -0.1) is 0 Å². The molecule has 2 N–H and O–H groups in total. The third-order valence-electron chi connectivity index (χ3n) is 3.56. The van der Waals surface area contributed by atoms with Crippen molar-refractivity contribution in [2.75, 3.05) is 24.6 Å². The van der Waals surface area contributed by atoms with Crippen LogP contribution < -0.4 is 10.2 Å². The van der Waals surface area contributed by atoms with E-state index < -0.39 is 0 Å². The number of aromatic nitrogens is 2. The van der Waals surface area contributed by atoms with Crippen LogP contribution in [0.25, 0.3) is 0 Å². The average molecular weight is 264 g/mol. The first-order chi connectivity index (χ1) is 9.35. The Kier molecular flexibility index (Phi) is 5.54. The highest BCUT2D eigenvalue weighted by Crippen LogP contribution is 2.27. The van der Waals surface area contributed by atoms with E-state index >= 15 is 0 Å². The maximum Gasteiger partial charge on any atom is 0.225 e. The van der Waals surface area contributed by atoms with Gasteiger partial charge in [0.2, 0.25) is 5.95 Å². The Morgan fingerprint density at radius 3 is 2.63 bits per heavy atom. The Morgan fingerprint density at radius 2 is 2.11 bits per heavy atom. The smallest absolute Gasteiger partial charge is 0.225 e. The Hall–Kier alpha value is -1.20. The van der Waals surface area contributed by atoms with E-state index in [2.05, 4.69) is 27.1 Å². The molecule has 106 valence electrons. The zero-order valence-corrected chi connectivity index (χ0v) is 11.7. The molecule has 2 rings (SSSR count). The lowest BCUT2D eigenvalue weighted by Gasteiger charge is -2.37. The fourth-order valence-electron chi connectivity index (χ4n) is 2.25. The molecule has 1 aromatic rings. The van der Waals surface area contributed by atoms with Crippen molar-refractivity contribution in [3.63, 3.8) is 0 Å². The minimum atomic E-state index is 0.152. The van der Waals surface area contributed by atoms with Gasteiger partial charge in [-0.3, -0.25) is 0 Å². The molecule has 0 atom stereocenters. The lowest BCUT2D eigenvalue weighted by atomic mass is 9.92. The van der Waals surface area contributed by atoms with Crippen molar-refractivity contribution in [2.24, 2.45) is 0 Å². The van der Waals surface area contributed by atoms with E-state index in [0.29, 0.717) is 12.6 Å². The number of hydrogen-bond acceptors (Lipinski definition) is 5. The molecule has 5 heteroatoms. The lowest BCUT2D eigenvalue weighted by Crippen LogP contribution is -2.42. The van der Waals surface area contributed by atoms with Gasteiger partial charge in [-0.05, 0) is 32.2 Å². The van der Waals surface area contributed by atoms with Crippen molar-refractivity contribution in [1.82, 2.24) is 15.3 Å². The number of anilines is 1. The van der Waals surface area contributed by atoms with E-state index in [9.17, 15) is 0 Å². The van der Waals surface area contributed by atoms with Gasteiger partial charge in [0.05, 0.1) is 6.61 Å². The summed E-state index contributed by atoms with van der Waals surface area (Å²) in [6.45, 7) is 4.76. The highest BCUT2D eigenvalue weighted by atomic mass is 16.3. The van der Waals surface area contributed by atoms with Gasteiger partial charge in [0.25, 0.3) is 0 Å². The molecular formula is C14H24N4O. The molecule has 0 spiro atoms. The minimum Gasteiger partial charge on any atom is -0.395 e. The van der Waals surface area contributed by atoms with Crippen molar-refractivity contribution in [3.8, 4) is 0 Å². The first-order valence-electron chi connectivity index (χ1n) is 7.24. The van der Waals surface area contributed by atoms with E-state index in [1.54, 1.807) is 0 Å². The highest BCUT2D eigenvalue weighted by Gasteiger charge is 2.26. The van der Waals surface area contributed by atoms with Gasteiger partial charge >= 0.3 is 0 Å². The standard InChI is InChI=1S/C14H24N4O/c1-2-6-15-9-12-10-16-14(17-11-12)18(7-8-19)13-4-3-5-13/h10-11,13,15,19H,2-9H2,1H3. The van der Waals surface area contributed by atoms with Gasteiger partial charge in [0, 0.05) is 37.1 Å². The van der Waals surface area contributed by atoms with E-state index in [0.717, 1.165) is 31.0 Å². The highest BCUT2D eigenvalue weighted by molar-refractivity contribution is 5.32. The second-order valence-corrected chi connectivity index (χ2v) is 5.07. The summed E-state index contributed by atoms with van der Waals surface area (Å²) >= 11 is 0. The molecular weight excluding hydrogens is 240 g/mol. The summed E-state index contributed by atoms with van der Waals surface area (Å²) in [6, 6.07) is 0.510. The van der Waals surface area contributed by atoms with Gasteiger partial charge in [-0.2, -0.15) is 0 Å². The van der Waals surface area contributed by atoms with E-state index in [1.165, 1.54) is 19.3 Å². The van der Waals surface area contributed by atoms with Crippen LogP contribution in [0.15, 0.2) is 12.4 Å². The molecule has 0 radical (unpaired) electrons. The molecule has 1 fully saturated rings. The SMILES string of the molecule is CCCNCc1cnc(N(CCO)C2CCC2)nc1. The molecule has 1 aliphatic carbocycles. The predicted molar refractivity (Wildman–Crippen MR) is 76.1 cm³/mol. The number of nitrogens with zero attached hydrogens (tertiary/aromatic N) is 3. The van der Waals surface area contributed by atoms with E-state index in [-0.39, 0.29) is 6.61 Å². The third kappa shape index (κ3) is 3.88. The molecule has 0 amide bonds. The van der Waals surface area contributed by atoms with Gasteiger partial charge < -0.3 is 15.3 Å². The average Bonchev–Trinajstić information content (AvgIpc) is 2.37. The molecule has 0 aliphatic heterocycles. The summed E-state index contributed by atoms with van der Waals surface area (Å²) in [5.74, 6) is 0.748. The molecule has 0 unspecified atom stereocenters. The lowest BCUT2D eigenvalue weighted by molar-refractivity contribution is 0.282. The molecule has 1 saturated carbocycles. The van der Waals surface area contributed by atoms with E-state index in [1.807, 2.05) is 12.4 Å². The largest absolute Gasteiger partial charge is 0.395 e. The summed E-state index contributed by atoms with van der Waals surface area (Å²) < 4.78 is 0. The van der Waals surface area contributed by atoms with Crippen LogP contribution in [0.4, 0.5) is 5.95 Å². The summed E-state index contributed by atoms with van der Waals surface area (Å²) in [4.78, 5) is 11.0. The Balaban J connectivity index is 1.94. The van der Waals surface area contributed by atoms with Crippen LogP contribution in [-0.2, 0) is 6.54 Å². The number of aliphatic hydroxyl groups excluding tert-OH is 1. The van der Waals surface area contributed by atoms with Crippen LogP contribution in [0, 0.1) is 0 Å². The van der Waals surface area contributed by atoms with Crippen LogP contribution in [0.1, 0.15) is 38.2 Å². The Labute approximate surface area is 115 Å². The van der Waals surface area contributed by atoms with Crippen LogP contribution in [-0.4, -0.2) is 40.8 Å². The summed E-state index contributed by atoms with van der Waals surface area (Å²) in [6.07, 6.45) is 8.53. The summed E-state index contributed by atoms with van der Waals surface area (Å²) in [5, 5.41) is 12.5. The van der Waals surface area contributed by atoms with Crippen molar-refractivity contribution >= 4 is 5.95 Å². The van der Waals surface area contributed by atoms with Crippen LogP contribution in [0.2, 0.25) is 0 Å². The molecule has 19 heavy (non-hydrogen) atoms. The number of nitrogens with one attached hydrogen (secondary N) is 1. The summed E-state index contributed by atoms with van der Waals surface area (Å²) in [7, 11) is 0. The van der Waals surface area contributed by atoms with Gasteiger partial charge in [-0.25, -0.2) is 9.97 Å². The van der Waals surface area contributed by atoms with Gasteiger partial charge in [0.15, 0.2) is 0 Å². The number of hydrogen-bond donors (Lipinski definition) is 2. The Morgan fingerprint density at radius 1 is 1.37 bits per heavy atom. The quantitative estimate of drug-likeness (QED) is 0.694. The van der Waals surface area contributed by atoms with Crippen LogP contribution in [0.3, 0.4) is 0 Å². The fourth-order valence-corrected chi connectivity index (χ4v) is 2.25. The van der Waals surface area contributed by atoms with Crippen molar-refractivity contribution in [1.29, 1.82) is 0 Å². The normalized spacial score (nSPS) is 15.3. The van der Waals surface area contributed by atoms with Gasteiger partial charge in [-0.1, -0.05) is 6.92 Å². The fraction of sp³-hybridized carbons (Fsp3) is 0.714. The van der Waals surface area contributed by atoms with Crippen LogP contribution >= 0.6 is 0 Å². The molecule has 0 aromatic carbocycles. The molecule has 1 heterocycles. The number of aliphatic hydroxyl groups is 1. The summed E-state index contributed by atoms with van der Waals surface area (Å²) in [5.41, 5.74) is 1.11. The monoisotopic (exact) mass is 264 g/mol. The van der Waals surface area contributed by atoms with Crippen molar-refractivity contribution < 1.29 is 5.11 Å². The second-order valence-electron chi connectivity index (χ2n) is 5.07. The zero-order chi connectivity index (χ0) is 13.5. The molecule has 1 aliphatic rings. The minimum absolute atomic E-state index is 0.152. The molecule has 1 aromatic heterocycles. The third-order valence-corrected chi connectivity index (χ3v) is 3.56. The molecule has 5 nitrogen and oxygen atoms in total. The molecule has 0 bridgehead atoms. The van der Waals surface area contributed by atoms with E-state index in [4.69, 9.17) is 5.11 Å². The molecule has 0 saturated heterocycles. The van der Waals surface area contributed by atoms with Crippen molar-refractivity contribution in [3.05, 3.63) is 18.0 Å². The Bertz CT molecular complexity index is 364. The zero-order valence-electron chi connectivity index (χ0n) is 11.7. The maximum atomic E-state index is 9.16. The van der Waals surface area contributed by atoms with Crippen molar-refractivity contribution in [2.45, 2.75) is 45.2 Å². The first kappa shape index (κ1) is 14.2. The maximum absolute atomic E-state index is 9.16. The second kappa shape index (κ2) is 7.40.